The van der Waals surface area contributed by atoms with Gasteiger partial charge in [-0.15, -0.1) is 0 Å². The van der Waals surface area contributed by atoms with Crippen LogP contribution in [0.1, 0.15) is 20.3 Å². The second-order valence-electron chi connectivity index (χ2n) is 5.83. The maximum Gasteiger partial charge on any atom is 0.121 e. The number of nitrogens with zero attached hydrogens (tertiary/aromatic N) is 1. The number of rotatable bonds is 4. The van der Waals surface area contributed by atoms with Crippen LogP contribution in [0.5, 0.6) is 5.75 Å². The Morgan fingerprint density at radius 2 is 2.11 bits per heavy atom. The molecule has 0 bridgehead atoms. The summed E-state index contributed by atoms with van der Waals surface area (Å²) in [6, 6.07) is 5.37. The first-order chi connectivity index (χ1) is 8.83. The van der Waals surface area contributed by atoms with Gasteiger partial charge in [-0.25, -0.2) is 0 Å². The molecule has 1 atom stereocenters. The van der Waals surface area contributed by atoms with E-state index in [0.717, 1.165) is 31.8 Å². The van der Waals surface area contributed by atoms with E-state index in [4.69, 9.17) is 33.7 Å². The number of hydrogen-bond donors (Lipinski definition) is 1. The Hall–Kier alpha value is -0.480. The van der Waals surface area contributed by atoms with Crippen molar-refractivity contribution in [3.05, 3.63) is 28.2 Å². The van der Waals surface area contributed by atoms with Gasteiger partial charge in [-0.2, -0.15) is 0 Å². The lowest BCUT2D eigenvalue weighted by atomic mass is 10.1. The van der Waals surface area contributed by atoms with Crippen LogP contribution in [-0.4, -0.2) is 36.2 Å². The van der Waals surface area contributed by atoms with Crippen LogP contribution in [0.2, 0.25) is 10.0 Å². The molecule has 5 heteroatoms. The third kappa shape index (κ3) is 4.53. The fourth-order valence-electron chi connectivity index (χ4n) is 2.36. The molecule has 19 heavy (non-hydrogen) atoms. The SMILES string of the molecule is CC(C)(N)CN1CCC(Oc2ccc(Cl)c(Cl)c2)C1. The van der Waals surface area contributed by atoms with Gasteiger partial charge in [-0.1, -0.05) is 23.2 Å². The Morgan fingerprint density at radius 1 is 1.37 bits per heavy atom. The van der Waals surface area contributed by atoms with Crippen LogP contribution in [0.4, 0.5) is 0 Å². The highest BCUT2D eigenvalue weighted by Gasteiger charge is 2.27. The first-order valence-corrected chi connectivity index (χ1v) is 7.22. The number of hydrogen-bond acceptors (Lipinski definition) is 3. The number of ether oxygens (including phenoxy) is 1. The van der Waals surface area contributed by atoms with Crippen LogP contribution in [0.25, 0.3) is 0 Å². The molecule has 1 heterocycles. The summed E-state index contributed by atoms with van der Waals surface area (Å²) in [6.45, 7) is 6.89. The number of nitrogens with two attached hydrogens (primary N) is 1. The number of likely N-dealkylation sites (tertiary alicyclic amines) is 1. The molecule has 0 spiro atoms. The molecule has 0 radical (unpaired) electrons. The molecule has 0 aliphatic carbocycles. The highest BCUT2D eigenvalue weighted by molar-refractivity contribution is 6.42. The first kappa shape index (κ1) is 14.9. The van der Waals surface area contributed by atoms with Crippen molar-refractivity contribution in [1.29, 1.82) is 0 Å². The molecule has 1 unspecified atom stereocenters. The minimum atomic E-state index is -0.168. The maximum atomic E-state index is 6.04. The number of benzene rings is 1. The Kier molecular flexibility index (Phi) is 4.62. The Balaban J connectivity index is 1.89. The Labute approximate surface area is 124 Å². The van der Waals surface area contributed by atoms with E-state index in [1.54, 1.807) is 12.1 Å². The van der Waals surface area contributed by atoms with Crippen molar-refractivity contribution in [2.75, 3.05) is 19.6 Å². The van der Waals surface area contributed by atoms with Crippen LogP contribution in [0.3, 0.4) is 0 Å². The van der Waals surface area contributed by atoms with Crippen molar-refractivity contribution < 1.29 is 4.74 Å². The summed E-state index contributed by atoms with van der Waals surface area (Å²) in [5.74, 6) is 0.772. The third-order valence-electron chi connectivity index (χ3n) is 3.05. The molecule has 106 valence electrons. The largest absolute Gasteiger partial charge is 0.489 e. The zero-order valence-electron chi connectivity index (χ0n) is 11.3. The van der Waals surface area contributed by atoms with E-state index in [-0.39, 0.29) is 11.6 Å². The van der Waals surface area contributed by atoms with Gasteiger partial charge in [0.1, 0.15) is 11.9 Å². The van der Waals surface area contributed by atoms with Gasteiger partial charge in [-0.3, -0.25) is 4.90 Å². The molecule has 2 N–H and O–H groups in total. The van der Waals surface area contributed by atoms with Gasteiger partial charge < -0.3 is 10.5 Å². The summed E-state index contributed by atoms with van der Waals surface area (Å²) in [6.07, 6.45) is 1.20. The summed E-state index contributed by atoms with van der Waals surface area (Å²) in [4.78, 5) is 2.34. The van der Waals surface area contributed by atoms with E-state index in [1.807, 2.05) is 19.9 Å². The molecule has 1 aromatic rings. The smallest absolute Gasteiger partial charge is 0.121 e. The lowest BCUT2D eigenvalue weighted by molar-refractivity contribution is 0.190. The van der Waals surface area contributed by atoms with Crippen molar-refractivity contribution in [1.82, 2.24) is 4.90 Å². The highest BCUT2D eigenvalue weighted by atomic mass is 35.5. The molecule has 2 rings (SSSR count). The summed E-state index contributed by atoms with van der Waals surface area (Å²) < 4.78 is 5.93. The van der Waals surface area contributed by atoms with Crippen LogP contribution < -0.4 is 10.5 Å². The number of halogens is 2. The fourth-order valence-corrected chi connectivity index (χ4v) is 2.64. The quantitative estimate of drug-likeness (QED) is 0.928. The van der Waals surface area contributed by atoms with Gasteiger partial charge >= 0.3 is 0 Å². The van der Waals surface area contributed by atoms with Gasteiger partial charge in [-0.05, 0) is 32.4 Å². The lowest BCUT2D eigenvalue weighted by Gasteiger charge is -2.26. The molecule has 3 nitrogen and oxygen atoms in total. The van der Waals surface area contributed by atoms with Crippen LogP contribution in [0.15, 0.2) is 18.2 Å². The summed E-state index contributed by atoms with van der Waals surface area (Å²) in [5.41, 5.74) is 5.87. The Morgan fingerprint density at radius 3 is 2.74 bits per heavy atom. The second-order valence-corrected chi connectivity index (χ2v) is 6.64. The van der Waals surface area contributed by atoms with E-state index in [2.05, 4.69) is 4.90 Å². The average Bonchev–Trinajstić information content (AvgIpc) is 2.68. The van der Waals surface area contributed by atoms with Crippen molar-refractivity contribution >= 4 is 23.2 Å². The molecule has 1 aliphatic heterocycles. The van der Waals surface area contributed by atoms with Gasteiger partial charge in [0.05, 0.1) is 10.0 Å². The van der Waals surface area contributed by atoms with Gasteiger partial charge in [0.25, 0.3) is 0 Å². The predicted octanol–water partition coefficient (Wildman–Crippen LogP) is 3.18. The molecule has 1 aromatic carbocycles. The van der Waals surface area contributed by atoms with E-state index in [1.165, 1.54) is 0 Å². The van der Waals surface area contributed by atoms with Gasteiger partial charge in [0, 0.05) is 31.2 Å². The van der Waals surface area contributed by atoms with Crippen LogP contribution in [-0.2, 0) is 0 Å². The maximum absolute atomic E-state index is 6.04. The standard InChI is InChI=1S/C14H20Cl2N2O/c1-14(2,17)9-18-6-5-11(8-18)19-10-3-4-12(15)13(16)7-10/h3-4,7,11H,5-6,8-9,17H2,1-2H3. The summed E-state index contributed by atoms with van der Waals surface area (Å²) in [5, 5.41) is 1.07. The molecular formula is C14H20Cl2N2O. The van der Waals surface area contributed by atoms with E-state index in [0.29, 0.717) is 10.0 Å². The minimum absolute atomic E-state index is 0.168. The fraction of sp³-hybridized carbons (Fsp3) is 0.571. The molecular weight excluding hydrogens is 283 g/mol. The normalized spacial score (nSPS) is 20.8. The van der Waals surface area contributed by atoms with Crippen molar-refractivity contribution in [3.8, 4) is 5.75 Å². The lowest BCUT2D eigenvalue weighted by Crippen LogP contribution is -2.44. The molecule has 1 saturated heterocycles. The topological polar surface area (TPSA) is 38.5 Å². The molecule has 0 saturated carbocycles. The van der Waals surface area contributed by atoms with E-state index in [9.17, 15) is 0 Å². The Bertz CT molecular complexity index is 446. The van der Waals surface area contributed by atoms with Crippen molar-refractivity contribution in [2.45, 2.75) is 31.9 Å². The second kappa shape index (κ2) is 5.88. The molecule has 0 amide bonds. The van der Waals surface area contributed by atoms with Crippen molar-refractivity contribution in [2.24, 2.45) is 5.73 Å². The molecule has 1 fully saturated rings. The molecule has 0 aromatic heterocycles. The average molecular weight is 303 g/mol. The van der Waals surface area contributed by atoms with Crippen LogP contribution in [0, 0.1) is 0 Å². The van der Waals surface area contributed by atoms with E-state index >= 15 is 0 Å². The zero-order chi connectivity index (χ0) is 14.0. The third-order valence-corrected chi connectivity index (χ3v) is 3.79. The monoisotopic (exact) mass is 302 g/mol. The van der Waals surface area contributed by atoms with Gasteiger partial charge in [0.15, 0.2) is 0 Å². The van der Waals surface area contributed by atoms with Gasteiger partial charge in [0.2, 0.25) is 0 Å². The summed E-state index contributed by atoms with van der Waals surface area (Å²) >= 11 is 11.9. The van der Waals surface area contributed by atoms with Crippen molar-refractivity contribution in [3.63, 3.8) is 0 Å². The highest BCUT2D eigenvalue weighted by Crippen LogP contribution is 2.28. The molecule has 1 aliphatic rings. The first-order valence-electron chi connectivity index (χ1n) is 6.46. The summed E-state index contributed by atoms with van der Waals surface area (Å²) in [7, 11) is 0. The van der Waals surface area contributed by atoms with Crippen LogP contribution >= 0.6 is 23.2 Å². The zero-order valence-corrected chi connectivity index (χ0v) is 12.8. The minimum Gasteiger partial charge on any atom is -0.489 e. The predicted molar refractivity (Wildman–Crippen MR) is 80.2 cm³/mol. The van der Waals surface area contributed by atoms with E-state index < -0.39 is 0 Å².